The van der Waals surface area contributed by atoms with Crippen molar-refractivity contribution in [1.29, 1.82) is 0 Å². The number of nitrogens with two attached hydrogens (primary N) is 1. The van der Waals surface area contributed by atoms with Gasteiger partial charge in [0.15, 0.2) is 5.76 Å². The molecule has 0 aliphatic heterocycles. The van der Waals surface area contributed by atoms with Crippen molar-refractivity contribution in [3.8, 4) is 22.6 Å². The van der Waals surface area contributed by atoms with Gasteiger partial charge in [0.1, 0.15) is 11.5 Å². The minimum absolute atomic E-state index is 0.640. The molecule has 0 fully saturated rings. The zero-order chi connectivity index (χ0) is 13.4. The van der Waals surface area contributed by atoms with Crippen LogP contribution in [0.15, 0.2) is 47.1 Å². The number of aryl methyl sites for hydroxylation is 2. The third kappa shape index (κ3) is 1.81. The van der Waals surface area contributed by atoms with E-state index in [9.17, 15) is 0 Å². The molecule has 3 aromatic rings. The van der Waals surface area contributed by atoms with Gasteiger partial charge in [-0.15, -0.1) is 0 Å². The number of nitrogen functional groups attached to an aromatic ring is 1. The van der Waals surface area contributed by atoms with E-state index in [2.05, 4.69) is 24.2 Å². The second kappa shape index (κ2) is 4.31. The van der Waals surface area contributed by atoms with Crippen LogP contribution in [0.5, 0.6) is 0 Å². The molecule has 0 spiro atoms. The molecule has 0 saturated heterocycles. The molecule has 0 aliphatic carbocycles. The summed E-state index contributed by atoms with van der Waals surface area (Å²) < 4.78 is 7.14. The zero-order valence-corrected chi connectivity index (χ0v) is 10.9. The summed E-state index contributed by atoms with van der Waals surface area (Å²) in [6.45, 7) is 2.06. The Labute approximate surface area is 111 Å². The second-order valence-electron chi connectivity index (χ2n) is 4.52. The molecule has 2 N–H and O–H groups in total. The molecule has 2 heterocycles. The molecule has 0 bridgehead atoms. The fourth-order valence-corrected chi connectivity index (χ4v) is 2.24. The average Bonchev–Trinajstić information content (AvgIpc) is 3.01. The fraction of sp³-hybridized carbons (Fsp3) is 0.133. The van der Waals surface area contributed by atoms with E-state index in [1.165, 1.54) is 0 Å². The highest BCUT2D eigenvalue weighted by Gasteiger charge is 2.19. The van der Waals surface area contributed by atoms with Crippen LogP contribution in [0.25, 0.3) is 22.6 Å². The minimum atomic E-state index is 0.640. The third-order valence-corrected chi connectivity index (χ3v) is 3.26. The Kier molecular flexibility index (Phi) is 2.63. The van der Waals surface area contributed by atoms with Gasteiger partial charge >= 0.3 is 0 Å². The summed E-state index contributed by atoms with van der Waals surface area (Å²) in [6, 6.07) is 11.9. The number of hydrogen-bond acceptors (Lipinski definition) is 3. The number of hydrogen-bond donors (Lipinski definition) is 1. The molecular weight excluding hydrogens is 238 g/mol. The first-order valence-electron chi connectivity index (χ1n) is 6.11. The van der Waals surface area contributed by atoms with Crippen molar-refractivity contribution >= 4 is 5.82 Å². The molecule has 96 valence electrons. The highest BCUT2D eigenvalue weighted by molar-refractivity contribution is 5.87. The summed E-state index contributed by atoms with van der Waals surface area (Å²) in [5, 5.41) is 4.47. The molecule has 0 aliphatic rings. The highest BCUT2D eigenvalue weighted by atomic mass is 16.3. The molecule has 0 saturated carbocycles. The first kappa shape index (κ1) is 11.6. The number of rotatable bonds is 2. The molecule has 2 aromatic heterocycles. The van der Waals surface area contributed by atoms with Gasteiger partial charge in [0.25, 0.3) is 0 Å². The number of anilines is 1. The molecule has 3 rings (SSSR count). The van der Waals surface area contributed by atoms with Crippen LogP contribution in [0.4, 0.5) is 5.82 Å². The van der Waals surface area contributed by atoms with Crippen molar-refractivity contribution < 1.29 is 4.42 Å². The van der Waals surface area contributed by atoms with Crippen LogP contribution in [0, 0.1) is 6.92 Å². The monoisotopic (exact) mass is 253 g/mol. The smallest absolute Gasteiger partial charge is 0.154 e. The van der Waals surface area contributed by atoms with E-state index in [0.717, 1.165) is 28.1 Å². The van der Waals surface area contributed by atoms with Crippen molar-refractivity contribution in [3.63, 3.8) is 0 Å². The SMILES string of the molecule is Cc1ccccc1-c1c(-c2ccco2)nn(C)c1N. The van der Waals surface area contributed by atoms with Crippen LogP contribution in [-0.2, 0) is 7.05 Å². The lowest BCUT2D eigenvalue weighted by Gasteiger charge is -2.06. The lowest BCUT2D eigenvalue weighted by molar-refractivity contribution is 0.578. The van der Waals surface area contributed by atoms with Crippen molar-refractivity contribution in [2.75, 3.05) is 5.73 Å². The van der Waals surface area contributed by atoms with Gasteiger partial charge in [0, 0.05) is 7.05 Å². The molecule has 0 unspecified atom stereocenters. The van der Waals surface area contributed by atoms with Gasteiger partial charge in [-0.1, -0.05) is 24.3 Å². The Morgan fingerprint density at radius 1 is 1.16 bits per heavy atom. The number of aromatic nitrogens is 2. The van der Waals surface area contributed by atoms with Crippen molar-refractivity contribution in [3.05, 3.63) is 48.2 Å². The Balaban J connectivity index is 2.29. The summed E-state index contributed by atoms with van der Waals surface area (Å²) >= 11 is 0. The summed E-state index contributed by atoms with van der Waals surface area (Å²) in [6.07, 6.45) is 1.64. The Bertz CT molecular complexity index is 711. The van der Waals surface area contributed by atoms with Crippen molar-refractivity contribution in [1.82, 2.24) is 9.78 Å². The molecule has 4 heteroatoms. The number of nitrogens with zero attached hydrogens (tertiary/aromatic N) is 2. The van der Waals surface area contributed by atoms with E-state index in [1.54, 1.807) is 10.9 Å². The van der Waals surface area contributed by atoms with Crippen LogP contribution < -0.4 is 5.73 Å². The predicted octanol–water partition coefficient (Wildman–Crippen LogP) is 3.24. The Hall–Kier alpha value is -2.49. The van der Waals surface area contributed by atoms with E-state index in [4.69, 9.17) is 10.2 Å². The van der Waals surface area contributed by atoms with E-state index in [0.29, 0.717) is 5.82 Å². The second-order valence-corrected chi connectivity index (χ2v) is 4.52. The highest BCUT2D eigenvalue weighted by Crippen LogP contribution is 2.37. The lowest BCUT2D eigenvalue weighted by Crippen LogP contribution is -1.98. The lowest BCUT2D eigenvalue weighted by atomic mass is 9.99. The topological polar surface area (TPSA) is 57.0 Å². The summed E-state index contributed by atoms with van der Waals surface area (Å²) in [5.74, 6) is 1.37. The average molecular weight is 253 g/mol. The number of furan rings is 1. The Morgan fingerprint density at radius 3 is 2.63 bits per heavy atom. The molecule has 0 amide bonds. The van der Waals surface area contributed by atoms with Crippen LogP contribution >= 0.6 is 0 Å². The molecule has 19 heavy (non-hydrogen) atoms. The van der Waals surface area contributed by atoms with E-state index in [1.807, 2.05) is 31.3 Å². The van der Waals surface area contributed by atoms with Gasteiger partial charge in [0.05, 0.1) is 11.8 Å². The largest absolute Gasteiger partial charge is 0.463 e. The standard InChI is InChI=1S/C15H15N3O/c1-10-6-3-4-7-11(10)13-14(12-8-5-9-19-12)17-18(2)15(13)16/h3-9H,16H2,1-2H3. The fourth-order valence-electron chi connectivity index (χ4n) is 2.24. The molecule has 0 atom stereocenters. The van der Waals surface area contributed by atoms with Gasteiger partial charge in [0.2, 0.25) is 0 Å². The van der Waals surface area contributed by atoms with Gasteiger partial charge in [-0.05, 0) is 30.2 Å². The molecule has 0 radical (unpaired) electrons. The van der Waals surface area contributed by atoms with Crippen LogP contribution in [0.3, 0.4) is 0 Å². The van der Waals surface area contributed by atoms with E-state index in [-0.39, 0.29) is 0 Å². The molecule has 4 nitrogen and oxygen atoms in total. The quantitative estimate of drug-likeness (QED) is 0.762. The molecular formula is C15H15N3O. The maximum Gasteiger partial charge on any atom is 0.154 e. The van der Waals surface area contributed by atoms with E-state index < -0.39 is 0 Å². The normalized spacial score (nSPS) is 10.8. The van der Waals surface area contributed by atoms with Crippen LogP contribution in [-0.4, -0.2) is 9.78 Å². The maximum atomic E-state index is 6.17. The van der Waals surface area contributed by atoms with Crippen LogP contribution in [0.1, 0.15) is 5.56 Å². The number of benzene rings is 1. The first-order chi connectivity index (χ1) is 9.18. The summed E-state index contributed by atoms with van der Waals surface area (Å²) in [4.78, 5) is 0. The summed E-state index contributed by atoms with van der Waals surface area (Å²) in [7, 11) is 1.84. The minimum Gasteiger partial charge on any atom is -0.463 e. The van der Waals surface area contributed by atoms with Crippen molar-refractivity contribution in [2.24, 2.45) is 7.05 Å². The van der Waals surface area contributed by atoms with Gasteiger partial charge in [-0.3, -0.25) is 4.68 Å². The van der Waals surface area contributed by atoms with Gasteiger partial charge in [-0.25, -0.2) is 0 Å². The zero-order valence-electron chi connectivity index (χ0n) is 10.9. The molecule has 1 aromatic carbocycles. The van der Waals surface area contributed by atoms with Crippen LogP contribution in [0.2, 0.25) is 0 Å². The summed E-state index contributed by atoms with van der Waals surface area (Å²) in [5.41, 5.74) is 10.1. The Morgan fingerprint density at radius 2 is 1.95 bits per heavy atom. The first-order valence-corrected chi connectivity index (χ1v) is 6.11. The van der Waals surface area contributed by atoms with Gasteiger partial charge in [-0.2, -0.15) is 5.10 Å². The maximum absolute atomic E-state index is 6.17. The predicted molar refractivity (Wildman–Crippen MR) is 75.5 cm³/mol. The van der Waals surface area contributed by atoms with Crippen molar-refractivity contribution in [2.45, 2.75) is 6.92 Å². The third-order valence-electron chi connectivity index (χ3n) is 3.26. The van der Waals surface area contributed by atoms with Gasteiger partial charge < -0.3 is 10.2 Å². The van der Waals surface area contributed by atoms with E-state index >= 15 is 0 Å².